The van der Waals surface area contributed by atoms with Gasteiger partial charge in [-0.2, -0.15) is 0 Å². The minimum atomic E-state index is -0.765. The standard InChI is InChI=1S/C56H106O6/c1-4-7-10-13-16-18-20-21-22-23-24-25-26-27-28-29-30-31-32-33-34-35-36-37-39-40-43-46-49-55(58)61-52-53(51-60-54(57)48-45-42-15-12-9-6-3)62-56(59)50-47-44-41-38-19-17-14-11-8-5-2/h11,14,53H,4-10,12-13,15-52H2,1-3H3/b14-11-. The quantitative estimate of drug-likeness (QED) is 0.0262. The Balaban J connectivity index is 3.90. The van der Waals surface area contributed by atoms with Gasteiger partial charge in [0.2, 0.25) is 0 Å². The molecule has 0 radical (unpaired) electrons. The van der Waals surface area contributed by atoms with Crippen molar-refractivity contribution in [2.75, 3.05) is 13.2 Å². The lowest BCUT2D eigenvalue weighted by molar-refractivity contribution is -0.167. The predicted octanol–water partition coefficient (Wildman–Crippen LogP) is 18.2. The van der Waals surface area contributed by atoms with E-state index in [9.17, 15) is 14.4 Å². The molecule has 0 aliphatic carbocycles. The molecule has 0 aromatic heterocycles. The molecule has 1 unspecified atom stereocenters. The van der Waals surface area contributed by atoms with E-state index in [2.05, 4.69) is 32.9 Å². The molecule has 366 valence electrons. The summed E-state index contributed by atoms with van der Waals surface area (Å²) in [5.41, 5.74) is 0. The molecule has 6 nitrogen and oxygen atoms in total. The molecule has 6 heteroatoms. The Kier molecular flexibility index (Phi) is 50.2. The highest BCUT2D eigenvalue weighted by Gasteiger charge is 2.19. The highest BCUT2D eigenvalue weighted by molar-refractivity contribution is 5.71. The zero-order chi connectivity index (χ0) is 45.1. The van der Waals surface area contributed by atoms with Crippen molar-refractivity contribution in [3.05, 3.63) is 12.2 Å². The third kappa shape index (κ3) is 49.2. The molecule has 0 aromatic carbocycles. The van der Waals surface area contributed by atoms with Crippen LogP contribution in [-0.2, 0) is 28.6 Å². The number of allylic oxidation sites excluding steroid dienone is 2. The van der Waals surface area contributed by atoms with Crippen LogP contribution < -0.4 is 0 Å². The molecule has 0 aliphatic heterocycles. The molecule has 0 fully saturated rings. The minimum absolute atomic E-state index is 0.0695. The number of hydrogen-bond acceptors (Lipinski definition) is 6. The Morgan fingerprint density at radius 2 is 0.565 bits per heavy atom. The Morgan fingerprint density at radius 1 is 0.306 bits per heavy atom. The summed E-state index contributed by atoms with van der Waals surface area (Å²) in [5, 5.41) is 0. The molecule has 0 aliphatic rings. The van der Waals surface area contributed by atoms with E-state index in [1.54, 1.807) is 0 Å². The molecule has 0 saturated carbocycles. The lowest BCUT2D eigenvalue weighted by Crippen LogP contribution is -2.30. The lowest BCUT2D eigenvalue weighted by Gasteiger charge is -2.18. The van der Waals surface area contributed by atoms with Gasteiger partial charge in [0.05, 0.1) is 0 Å². The van der Waals surface area contributed by atoms with E-state index in [1.165, 1.54) is 199 Å². The lowest BCUT2D eigenvalue weighted by atomic mass is 10.0. The number of esters is 3. The number of carbonyl (C=O) groups excluding carboxylic acids is 3. The molecule has 0 aromatic rings. The van der Waals surface area contributed by atoms with Crippen LogP contribution in [0.25, 0.3) is 0 Å². The second kappa shape index (κ2) is 51.8. The van der Waals surface area contributed by atoms with E-state index >= 15 is 0 Å². The minimum Gasteiger partial charge on any atom is -0.462 e. The van der Waals surface area contributed by atoms with Crippen molar-refractivity contribution in [1.82, 2.24) is 0 Å². The topological polar surface area (TPSA) is 78.9 Å². The maximum atomic E-state index is 12.7. The summed E-state index contributed by atoms with van der Waals surface area (Å²) in [6.45, 7) is 6.55. The van der Waals surface area contributed by atoms with Crippen LogP contribution in [-0.4, -0.2) is 37.2 Å². The van der Waals surface area contributed by atoms with Gasteiger partial charge in [-0.1, -0.05) is 264 Å². The van der Waals surface area contributed by atoms with Crippen LogP contribution >= 0.6 is 0 Å². The maximum Gasteiger partial charge on any atom is 0.306 e. The Bertz CT molecular complexity index is 962. The molecule has 62 heavy (non-hydrogen) atoms. The second-order valence-corrected chi connectivity index (χ2v) is 18.9. The van der Waals surface area contributed by atoms with Gasteiger partial charge in [-0.15, -0.1) is 0 Å². The first-order valence-electron chi connectivity index (χ1n) is 27.7. The maximum absolute atomic E-state index is 12.7. The van der Waals surface area contributed by atoms with Gasteiger partial charge in [0, 0.05) is 19.3 Å². The van der Waals surface area contributed by atoms with Gasteiger partial charge in [0.25, 0.3) is 0 Å². The molecular formula is C56H106O6. The first-order chi connectivity index (χ1) is 30.5. The normalized spacial score (nSPS) is 12.0. The van der Waals surface area contributed by atoms with E-state index in [0.29, 0.717) is 19.3 Å². The smallest absolute Gasteiger partial charge is 0.306 e. The van der Waals surface area contributed by atoms with Crippen LogP contribution in [0, 0.1) is 0 Å². The SMILES string of the molecule is CCC/C=C\CCCCCCCC(=O)OC(COC(=O)CCCCCCCC)COC(=O)CCCCCCCCCCCCCCCCCCCCCCCCCCCCCC. The zero-order valence-electron chi connectivity index (χ0n) is 41.9. The highest BCUT2D eigenvalue weighted by Crippen LogP contribution is 2.17. The molecule has 0 amide bonds. The van der Waals surface area contributed by atoms with E-state index < -0.39 is 6.10 Å². The highest BCUT2D eigenvalue weighted by atomic mass is 16.6. The third-order valence-electron chi connectivity index (χ3n) is 12.5. The van der Waals surface area contributed by atoms with Crippen LogP contribution in [0.1, 0.15) is 310 Å². The molecular weight excluding hydrogens is 769 g/mol. The molecule has 0 rings (SSSR count). The van der Waals surface area contributed by atoms with Gasteiger partial charge in [-0.25, -0.2) is 0 Å². The molecule has 1 atom stereocenters. The fourth-order valence-electron chi connectivity index (χ4n) is 8.33. The fourth-order valence-corrected chi connectivity index (χ4v) is 8.33. The van der Waals surface area contributed by atoms with Crippen LogP contribution in [0.15, 0.2) is 12.2 Å². The number of carbonyl (C=O) groups is 3. The summed E-state index contributed by atoms with van der Waals surface area (Å²) in [6, 6.07) is 0. The monoisotopic (exact) mass is 875 g/mol. The fraction of sp³-hybridized carbons (Fsp3) is 0.911. The number of hydrogen-bond donors (Lipinski definition) is 0. The van der Waals surface area contributed by atoms with Crippen molar-refractivity contribution in [2.45, 2.75) is 316 Å². The summed E-state index contributed by atoms with van der Waals surface area (Å²) in [6.07, 6.45) is 58.4. The zero-order valence-corrected chi connectivity index (χ0v) is 41.9. The van der Waals surface area contributed by atoms with Crippen LogP contribution in [0.2, 0.25) is 0 Å². The molecule has 0 spiro atoms. The van der Waals surface area contributed by atoms with E-state index in [4.69, 9.17) is 14.2 Å². The summed E-state index contributed by atoms with van der Waals surface area (Å²) in [4.78, 5) is 37.6. The average molecular weight is 875 g/mol. The molecule has 0 heterocycles. The number of unbranched alkanes of at least 4 members (excludes halogenated alkanes) is 38. The largest absolute Gasteiger partial charge is 0.462 e. The van der Waals surface area contributed by atoms with Gasteiger partial charge in [0.15, 0.2) is 6.10 Å². The van der Waals surface area contributed by atoms with Gasteiger partial charge in [0.1, 0.15) is 13.2 Å². The van der Waals surface area contributed by atoms with Crippen molar-refractivity contribution in [1.29, 1.82) is 0 Å². The average Bonchev–Trinajstić information content (AvgIpc) is 3.27. The van der Waals surface area contributed by atoms with Crippen molar-refractivity contribution in [3.63, 3.8) is 0 Å². The summed E-state index contributed by atoms with van der Waals surface area (Å²) < 4.78 is 16.7. The Hall–Kier alpha value is -1.85. The molecule has 0 saturated heterocycles. The molecule has 0 bridgehead atoms. The van der Waals surface area contributed by atoms with Crippen LogP contribution in [0.4, 0.5) is 0 Å². The number of ether oxygens (including phenoxy) is 3. The van der Waals surface area contributed by atoms with Crippen molar-refractivity contribution in [3.8, 4) is 0 Å². The van der Waals surface area contributed by atoms with E-state index in [0.717, 1.165) is 70.6 Å². The summed E-state index contributed by atoms with van der Waals surface area (Å²) >= 11 is 0. The van der Waals surface area contributed by atoms with Gasteiger partial charge < -0.3 is 14.2 Å². The molecule has 0 N–H and O–H groups in total. The predicted molar refractivity (Wildman–Crippen MR) is 266 cm³/mol. The first-order valence-corrected chi connectivity index (χ1v) is 27.7. The van der Waals surface area contributed by atoms with Gasteiger partial charge in [-0.3, -0.25) is 14.4 Å². The van der Waals surface area contributed by atoms with Crippen molar-refractivity contribution in [2.24, 2.45) is 0 Å². The third-order valence-corrected chi connectivity index (χ3v) is 12.5. The van der Waals surface area contributed by atoms with E-state index in [-0.39, 0.29) is 31.1 Å². The van der Waals surface area contributed by atoms with Gasteiger partial charge in [-0.05, 0) is 38.5 Å². The number of rotatable bonds is 51. The Labute approximate surface area is 386 Å². The Morgan fingerprint density at radius 3 is 0.871 bits per heavy atom. The van der Waals surface area contributed by atoms with E-state index in [1.807, 2.05) is 0 Å². The second-order valence-electron chi connectivity index (χ2n) is 18.9. The first kappa shape index (κ1) is 60.2. The van der Waals surface area contributed by atoms with Crippen molar-refractivity contribution >= 4 is 17.9 Å². The summed E-state index contributed by atoms with van der Waals surface area (Å²) in [7, 11) is 0. The van der Waals surface area contributed by atoms with Crippen molar-refractivity contribution < 1.29 is 28.6 Å². The van der Waals surface area contributed by atoms with Gasteiger partial charge >= 0.3 is 17.9 Å². The van der Waals surface area contributed by atoms with Crippen LogP contribution in [0.5, 0.6) is 0 Å². The van der Waals surface area contributed by atoms with Crippen LogP contribution in [0.3, 0.4) is 0 Å². The summed E-state index contributed by atoms with van der Waals surface area (Å²) in [5.74, 6) is -0.877.